The summed E-state index contributed by atoms with van der Waals surface area (Å²) in [6.07, 6.45) is 0.236. The highest BCUT2D eigenvalue weighted by molar-refractivity contribution is 5.68. The number of ether oxygens (including phenoxy) is 3. The van der Waals surface area contributed by atoms with Gasteiger partial charge in [-0.1, -0.05) is 12.1 Å². The second kappa shape index (κ2) is 9.09. The van der Waals surface area contributed by atoms with Crippen molar-refractivity contribution in [3.8, 4) is 5.75 Å². The zero-order valence-electron chi connectivity index (χ0n) is 16.6. The molecule has 1 aromatic carbocycles. The van der Waals surface area contributed by atoms with Crippen molar-refractivity contribution in [1.82, 2.24) is 5.32 Å². The Kier molecular flexibility index (Phi) is 7.74. The molecule has 0 aliphatic heterocycles. The monoisotopic (exact) mass is 351 g/mol. The van der Waals surface area contributed by atoms with Gasteiger partial charge < -0.3 is 19.5 Å². The zero-order valence-corrected chi connectivity index (χ0v) is 16.6. The highest BCUT2D eigenvalue weighted by Gasteiger charge is 2.20. The van der Waals surface area contributed by atoms with Gasteiger partial charge in [-0.2, -0.15) is 0 Å². The Morgan fingerprint density at radius 2 is 1.64 bits per heavy atom. The number of carbonyl (C=O) groups is 1. The lowest BCUT2D eigenvalue weighted by Gasteiger charge is -2.24. The summed E-state index contributed by atoms with van der Waals surface area (Å²) in [5, 5.41) is 2.89. The maximum absolute atomic E-state index is 12.0. The van der Waals surface area contributed by atoms with Gasteiger partial charge in [-0.05, 0) is 72.6 Å². The van der Waals surface area contributed by atoms with Crippen molar-refractivity contribution in [3.05, 3.63) is 29.8 Å². The smallest absolute Gasteiger partial charge is 0.407 e. The number of benzene rings is 1. The first kappa shape index (κ1) is 21.3. The van der Waals surface area contributed by atoms with E-state index in [0.29, 0.717) is 19.6 Å². The summed E-state index contributed by atoms with van der Waals surface area (Å²) in [5.41, 5.74) is 0.353. The Morgan fingerprint density at radius 3 is 2.12 bits per heavy atom. The molecule has 5 heteroatoms. The fourth-order valence-electron chi connectivity index (χ4n) is 2.22. The standard InChI is InChI=1S/C20H33NO4/c1-8-23-14-16(21-18(22)25-20(5,6)7)13-15-9-11-17(12-10-15)24-19(2,3)4/h9-12,16H,8,13-14H2,1-7H3,(H,21,22). The molecule has 0 aliphatic carbocycles. The van der Waals surface area contributed by atoms with Gasteiger partial charge in [0.05, 0.1) is 12.6 Å². The maximum atomic E-state index is 12.0. The summed E-state index contributed by atoms with van der Waals surface area (Å²) in [4.78, 5) is 12.0. The molecule has 0 aromatic heterocycles. The van der Waals surface area contributed by atoms with Gasteiger partial charge in [0.2, 0.25) is 0 Å². The quantitative estimate of drug-likeness (QED) is 0.794. The predicted octanol–water partition coefficient (Wildman–Crippen LogP) is 4.34. The summed E-state index contributed by atoms with van der Waals surface area (Å²) in [5.74, 6) is 0.831. The Bertz CT molecular complexity index is 526. The number of hydrogen-bond acceptors (Lipinski definition) is 4. The molecule has 1 unspecified atom stereocenters. The van der Waals surface area contributed by atoms with E-state index >= 15 is 0 Å². The van der Waals surface area contributed by atoms with E-state index in [1.54, 1.807) is 0 Å². The van der Waals surface area contributed by atoms with E-state index in [2.05, 4.69) is 5.32 Å². The molecular formula is C20H33NO4. The number of nitrogens with one attached hydrogen (secondary N) is 1. The molecule has 0 bridgehead atoms. The van der Waals surface area contributed by atoms with Crippen molar-refractivity contribution < 1.29 is 19.0 Å². The average Bonchev–Trinajstić information content (AvgIpc) is 2.43. The first-order valence-electron chi connectivity index (χ1n) is 8.84. The zero-order chi connectivity index (χ0) is 19.1. The summed E-state index contributed by atoms with van der Waals surface area (Å²) in [6.45, 7) is 14.6. The van der Waals surface area contributed by atoms with Crippen LogP contribution in [0.3, 0.4) is 0 Å². The van der Waals surface area contributed by atoms with E-state index in [-0.39, 0.29) is 11.6 Å². The van der Waals surface area contributed by atoms with Crippen LogP contribution in [0.2, 0.25) is 0 Å². The van der Waals surface area contributed by atoms with E-state index < -0.39 is 11.7 Å². The minimum Gasteiger partial charge on any atom is -0.488 e. The van der Waals surface area contributed by atoms with E-state index in [1.165, 1.54) is 0 Å². The molecule has 0 spiro atoms. The van der Waals surface area contributed by atoms with Crippen LogP contribution in [0.25, 0.3) is 0 Å². The van der Waals surface area contributed by atoms with Crippen LogP contribution in [-0.4, -0.2) is 36.6 Å². The van der Waals surface area contributed by atoms with E-state index in [4.69, 9.17) is 14.2 Å². The maximum Gasteiger partial charge on any atom is 0.407 e. The molecular weight excluding hydrogens is 318 g/mol. The third kappa shape index (κ3) is 9.97. The molecule has 1 atom stereocenters. The predicted molar refractivity (Wildman–Crippen MR) is 100 cm³/mol. The van der Waals surface area contributed by atoms with Crippen molar-refractivity contribution in [2.24, 2.45) is 0 Å². The van der Waals surface area contributed by atoms with E-state index in [0.717, 1.165) is 11.3 Å². The molecule has 1 rings (SSSR count). The van der Waals surface area contributed by atoms with Crippen molar-refractivity contribution >= 4 is 6.09 Å². The summed E-state index contributed by atoms with van der Waals surface area (Å²) < 4.78 is 16.7. The van der Waals surface area contributed by atoms with Gasteiger partial charge in [0.15, 0.2) is 0 Å². The van der Waals surface area contributed by atoms with Crippen LogP contribution in [0.5, 0.6) is 5.75 Å². The first-order chi connectivity index (χ1) is 11.5. The largest absolute Gasteiger partial charge is 0.488 e. The van der Waals surface area contributed by atoms with Gasteiger partial charge in [0, 0.05) is 6.61 Å². The van der Waals surface area contributed by atoms with Crippen molar-refractivity contribution in [2.45, 2.75) is 72.1 Å². The van der Waals surface area contributed by atoms with Gasteiger partial charge in [-0.25, -0.2) is 4.79 Å². The minimum absolute atomic E-state index is 0.149. The highest BCUT2D eigenvalue weighted by Crippen LogP contribution is 2.19. The average molecular weight is 351 g/mol. The molecule has 142 valence electrons. The minimum atomic E-state index is -0.522. The topological polar surface area (TPSA) is 56.8 Å². The second-order valence-corrected chi connectivity index (χ2v) is 8.07. The van der Waals surface area contributed by atoms with Gasteiger partial charge >= 0.3 is 6.09 Å². The van der Waals surface area contributed by atoms with Crippen molar-refractivity contribution in [2.75, 3.05) is 13.2 Å². The summed E-state index contributed by atoms with van der Waals surface area (Å²) in [7, 11) is 0. The van der Waals surface area contributed by atoms with E-state index in [1.807, 2.05) is 72.7 Å². The molecule has 0 saturated heterocycles. The Hall–Kier alpha value is -1.75. The van der Waals surface area contributed by atoms with Crippen LogP contribution in [0, 0.1) is 0 Å². The van der Waals surface area contributed by atoms with Crippen molar-refractivity contribution in [1.29, 1.82) is 0 Å². The van der Waals surface area contributed by atoms with Crippen LogP contribution in [0.15, 0.2) is 24.3 Å². The third-order valence-electron chi connectivity index (χ3n) is 3.07. The van der Waals surface area contributed by atoms with Crippen LogP contribution >= 0.6 is 0 Å². The number of rotatable bonds is 7. The Labute approximate surface area is 152 Å². The molecule has 0 radical (unpaired) electrons. The molecule has 1 amide bonds. The number of amides is 1. The van der Waals surface area contributed by atoms with Gasteiger partial charge in [-0.15, -0.1) is 0 Å². The second-order valence-electron chi connectivity index (χ2n) is 8.07. The lowest BCUT2D eigenvalue weighted by Crippen LogP contribution is -2.42. The van der Waals surface area contributed by atoms with Crippen LogP contribution < -0.4 is 10.1 Å². The molecule has 0 aliphatic rings. The van der Waals surface area contributed by atoms with Gasteiger partial charge in [-0.3, -0.25) is 0 Å². The lowest BCUT2D eigenvalue weighted by atomic mass is 10.1. The molecule has 0 saturated carbocycles. The summed E-state index contributed by atoms with van der Waals surface area (Å²) in [6, 6.07) is 7.77. The third-order valence-corrected chi connectivity index (χ3v) is 3.07. The van der Waals surface area contributed by atoms with Gasteiger partial charge in [0.25, 0.3) is 0 Å². The van der Waals surface area contributed by atoms with E-state index in [9.17, 15) is 4.79 Å². The lowest BCUT2D eigenvalue weighted by molar-refractivity contribution is 0.0449. The molecule has 1 aromatic rings. The Morgan fingerprint density at radius 1 is 1.04 bits per heavy atom. The number of carbonyl (C=O) groups excluding carboxylic acids is 1. The normalized spacial score (nSPS) is 13.2. The Balaban J connectivity index is 2.69. The van der Waals surface area contributed by atoms with Crippen LogP contribution in [0.1, 0.15) is 54.0 Å². The molecule has 25 heavy (non-hydrogen) atoms. The fourth-order valence-corrected chi connectivity index (χ4v) is 2.22. The molecule has 1 N–H and O–H groups in total. The number of hydrogen-bond donors (Lipinski definition) is 1. The van der Waals surface area contributed by atoms with Crippen LogP contribution in [0.4, 0.5) is 4.79 Å². The SMILES string of the molecule is CCOCC(Cc1ccc(OC(C)(C)C)cc1)NC(=O)OC(C)(C)C. The summed E-state index contributed by atoms with van der Waals surface area (Å²) >= 11 is 0. The number of alkyl carbamates (subject to hydrolysis) is 1. The molecule has 0 heterocycles. The molecule has 5 nitrogen and oxygen atoms in total. The highest BCUT2D eigenvalue weighted by atomic mass is 16.6. The van der Waals surface area contributed by atoms with Crippen molar-refractivity contribution in [3.63, 3.8) is 0 Å². The first-order valence-corrected chi connectivity index (χ1v) is 8.84. The van der Waals surface area contributed by atoms with Crippen LogP contribution in [-0.2, 0) is 15.9 Å². The fraction of sp³-hybridized carbons (Fsp3) is 0.650. The molecule has 0 fully saturated rings. The van der Waals surface area contributed by atoms with Gasteiger partial charge in [0.1, 0.15) is 17.0 Å².